The van der Waals surface area contributed by atoms with E-state index in [9.17, 15) is 24.4 Å². The van der Waals surface area contributed by atoms with E-state index < -0.39 is 23.8 Å². The van der Waals surface area contributed by atoms with Gasteiger partial charge in [-0.05, 0) is 91.4 Å². The summed E-state index contributed by atoms with van der Waals surface area (Å²) in [5, 5.41) is 20.1. The number of carbonyl (C=O) groups excluding carboxylic acids is 4. The molecule has 1 atom stereocenters. The number of fused-ring (bicyclic) bond motifs is 1. The molecule has 57 heavy (non-hydrogen) atoms. The Morgan fingerprint density at radius 3 is 2.42 bits per heavy atom. The van der Waals surface area contributed by atoms with Gasteiger partial charge in [-0.15, -0.1) is 0 Å². The van der Waals surface area contributed by atoms with Gasteiger partial charge in [0.1, 0.15) is 23.6 Å². The Kier molecular flexibility index (Phi) is 9.33. The first-order valence-electron chi connectivity index (χ1n) is 19.1. The van der Waals surface area contributed by atoms with E-state index in [1.54, 1.807) is 25.4 Å². The quantitative estimate of drug-likeness (QED) is 0.0903. The molecule has 0 bridgehead atoms. The summed E-state index contributed by atoms with van der Waals surface area (Å²) in [5.41, 5.74) is 9.55. The van der Waals surface area contributed by atoms with Crippen LogP contribution in [0.25, 0.3) is 28.1 Å². The molecule has 14 heteroatoms. The van der Waals surface area contributed by atoms with E-state index in [0.717, 1.165) is 100 Å². The second-order valence-corrected chi connectivity index (χ2v) is 15.0. The first kappa shape index (κ1) is 36.0. The zero-order chi connectivity index (χ0) is 39.2. The molecule has 3 aromatic carbocycles. The van der Waals surface area contributed by atoms with Crippen molar-refractivity contribution in [3.63, 3.8) is 0 Å². The molecule has 4 aliphatic rings. The van der Waals surface area contributed by atoms with Crippen molar-refractivity contribution in [2.75, 3.05) is 31.1 Å². The van der Waals surface area contributed by atoms with Crippen LogP contribution in [0.15, 0.2) is 96.5 Å². The van der Waals surface area contributed by atoms with Crippen LogP contribution in [0.5, 0.6) is 5.75 Å². The van der Waals surface area contributed by atoms with Crippen molar-refractivity contribution in [3.05, 3.63) is 114 Å². The van der Waals surface area contributed by atoms with Gasteiger partial charge in [0.05, 0.1) is 11.4 Å². The summed E-state index contributed by atoms with van der Waals surface area (Å²) in [6.45, 7) is 5.00. The lowest BCUT2D eigenvalue weighted by Crippen LogP contribution is -2.67. The molecule has 3 saturated heterocycles. The van der Waals surface area contributed by atoms with Gasteiger partial charge >= 0.3 is 0 Å². The standard InChI is InChI=1S/C43H40N8O6/c1-26-2-5-31(19-36(26)43(55)50(25-52)39-12-13-40(53)45-42(39)54)48-20-32(21-48)49-22-34(23-49)57-33-8-6-30(7-9-33)51-24-37(41(46-51)27-14-16-44-17-15-27)29-3-10-35-28(18-29)4-11-38(35)47-56/h2-3,5-10,14-19,24-25,32,34,39,56H,4,11-13,20-23H2,1H3,(H,45,53,54)/b47-38+. The van der Waals surface area contributed by atoms with Crippen molar-refractivity contribution in [2.24, 2.45) is 5.16 Å². The number of imide groups is 2. The fourth-order valence-electron chi connectivity index (χ4n) is 8.18. The number of nitrogens with zero attached hydrogens (tertiary/aromatic N) is 7. The Bertz CT molecular complexity index is 2420. The highest BCUT2D eigenvalue weighted by Crippen LogP contribution is 2.36. The highest BCUT2D eigenvalue weighted by Gasteiger charge is 2.41. The molecule has 1 unspecified atom stereocenters. The van der Waals surface area contributed by atoms with Crippen molar-refractivity contribution in [1.82, 2.24) is 29.9 Å². The van der Waals surface area contributed by atoms with Gasteiger partial charge in [0.2, 0.25) is 18.2 Å². The maximum Gasteiger partial charge on any atom is 0.261 e. The first-order valence-corrected chi connectivity index (χ1v) is 19.1. The summed E-state index contributed by atoms with van der Waals surface area (Å²) in [4.78, 5) is 59.1. The third kappa shape index (κ3) is 6.82. The van der Waals surface area contributed by atoms with E-state index in [2.05, 4.69) is 37.4 Å². The number of carbonyl (C=O) groups is 4. The number of rotatable bonds is 10. The first-order chi connectivity index (χ1) is 27.8. The van der Waals surface area contributed by atoms with Crippen molar-refractivity contribution >= 4 is 35.5 Å². The van der Waals surface area contributed by atoms with Gasteiger partial charge in [-0.25, -0.2) is 4.68 Å². The lowest BCUT2D eigenvalue weighted by molar-refractivity contribution is -0.139. The molecule has 5 heterocycles. The van der Waals surface area contributed by atoms with Crippen LogP contribution in [-0.4, -0.2) is 104 Å². The second-order valence-electron chi connectivity index (χ2n) is 15.0. The molecule has 9 rings (SSSR count). The monoisotopic (exact) mass is 764 g/mol. The van der Waals surface area contributed by atoms with Gasteiger partial charge < -0.3 is 14.8 Å². The Hall–Kier alpha value is -6.67. The number of amides is 4. The summed E-state index contributed by atoms with van der Waals surface area (Å²) < 4.78 is 8.23. The van der Waals surface area contributed by atoms with Crippen molar-refractivity contribution < 1.29 is 29.1 Å². The molecule has 14 nitrogen and oxygen atoms in total. The topological polar surface area (TPSA) is 163 Å². The molecule has 4 amide bonds. The zero-order valence-corrected chi connectivity index (χ0v) is 31.2. The minimum Gasteiger partial charge on any atom is -0.488 e. The van der Waals surface area contributed by atoms with E-state index in [1.807, 2.05) is 65.5 Å². The van der Waals surface area contributed by atoms with Gasteiger partial charge in [-0.2, -0.15) is 5.10 Å². The van der Waals surface area contributed by atoms with Crippen molar-refractivity contribution in [3.8, 4) is 33.8 Å². The number of piperidine rings is 1. The highest BCUT2D eigenvalue weighted by atomic mass is 16.5. The molecule has 0 spiro atoms. The summed E-state index contributed by atoms with van der Waals surface area (Å²) >= 11 is 0. The SMILES string of the molecule is Cc1ccc(N2CC(N3CC(Oc4ccc(-n5cc(-c6ccc7c(c6)CC/C7=N\O)c(-c6ccncc6)n5)cc4)C3)C2)cc1C(=O)N(C=O)C1CCC(=O)NC1=O. The molecular formula is C43H40N8O6. The summed E-state index contributed by atoms with van der Waals surface area (Å²) in [6.07, 6.45) is 7.76. The van der Waals surface area contributed by atoms with Crippen LogP contribution in [0.1, 0.15) is 46.3 Å². The van der Waals surface area contributed by atoms with Crippen LogP contribution >= 0.6 is 0 Å². The van der Waals surface area contributed by atoms with Crippen LogP contribution in [0.3, 0.4) is 0 Å². The predicted molar refractivity (Wildman–Crippen MR) is 210 cm³/mol. The van der Waals surface area contributed by atoms with Gasteiger partial charge in [0.25, 0.3) is 5.91 Å². The molecule has 3 fully saturated rings. The third-order valence-corrected chi connectivity index (χ3v) is 11.5. The van der Waals surface area contributed by atoms with Crippen LogP contribution in [0.2, 0.25) is 0 Å². The molecule has 1 aliphatic carbocycles. The number of anilines is 1. The summed E-state index contributed by atoms with van der Waals surface area (Å²) in [7, 11) is 0. The van der Waals surface area contributed by atoms with Gasteiger partial charge in [-0.1, -0.05) is 29.4 Å². The van der Waals surface area contributed by atoms with Crippen molar-refractivity contribution in [1.29, 1.82) is 0 Å². The molecule has 2 aromatic heterocycles. The van der Waals surface area contributed by atoms with Crippen LogP contribution in [0, 0.1) is 6.92 Å². The fraction of sp³-hybridized carbons (Fsp3) is 0.279. The van der Waals surface area contributed by atoms with Gasteiger partial charge in [0.15, 0.2) is 0 Å². The third-order valence-electron chi connectivity index (χ3n) is 11.5. The maximum atomic E-state index is 13.5. The molecule has 5 aromatic rings. The average Bonchev–Trinajstić information content (AvgIpc) is 3.83. The summed E-state index contributed by atoms with van der Waals surface area (Å²) in [6, 6.07) is 23.1. The highest BCUT2D eigenvalue weighted by molar-refractivity contribution is 6.08. The van der Waals surface area contributed by atoms with E-state index in [1.165, 1.54) is 0 Å². The van der Waals surface area contributed by atoms with Crippen LogP contribution in [-0.2, 0) is 20.8 Å². The average molecular weight is 765 g/mol. The second kappa shape index (κ2) is 14.8. The fourth-order valence-corrected chi connectivity index (χ4v) is 8.18. The lowest BCUT2D eigenvalue weighted by Gasteiger charge is -2.52. The van der Waals surface area contributed by atoms with E-state index in [0.29, 0.717) is 23.6 Å². The predicted octanol–water partition coefficient (Wildman–Crippen LogP) is 4.39. The number of hydrogen-bond donors (Lipinski definition) is 2. The smallest absolute Gasteiger partial charge is 0.261 e. The molecular weight excluding hydrogens is 725 g/mol. The van der Waals surface area contributed by atoms with Gasteiger partial charge in [0, 0.05) is 85.2 Å². The molecule has 2 N–H and O–H groups in total. The Labute approximate surface area is 328 Å². The van der Waals surface area contributed by atoms with Crippen LogP contribution in [0.4, 0.5) is 5.69 Å². The molecule has 3 aliphatic heterocycles. The number of pyridine rings is 1. The normalized spacial score (nSPS) is 19.1. The number of ether oxygens (including phenoxy) is 1. The van der Waals surface area contributed by atoms with Crippen molar-refractivity contribution in [2.45, 2.75) is 50.8 Å². The van der Waals surface area contributed by atoms with E-state index >= 15 is 0 Å². The lowest BCUT2D eigenvalue weighted by atomic mass is 9.98. The number of nitrogens with one attached hydrogen (secondary N) is 1. The number of likely N-dealkylation sites (tertiary alicyclic amines) is 1. The minimum absolute atomic E-state index is 0.0703. The zero-order valence-electron chi connectivity index (χ0n) is 31.2. The summed E-state index contributed by atoms with van der Waals surface area (Å²) in [5.74, 6) is -0.810. The van der Waals surface area contributed by atoms with E-state index in [-0.39, 0.29) is 18.9 Å². The largest absolute Gasteiger partial charge is 0.488 e. The number of hydrogen-bond acceptors (Lipinski definition) is 11. The number of aromatic nitrogens is 3. The van der Waals surface area contributed by atoms with E-state index in [4.69, 9.17) is 9.84 Å². The molecule has 0 saturated carbocycles. The number of aryl methyl sites for hydroxylation is 2. The number of benzene rings is 3. The van der Waals surface area contributed by atoms with Crippen LogP contribution < -0.4 is 15.0 Å². The molecule has 0 radical (unpaired) electrons. The maximum absolute atomic E-state index is 13.5. The Morgan fingerprint density at radius 1 is 0.912 bits per heavy atom. The van der Waals surface area contributed by atoms with Gasteiger partial charge in [-0.3, -0.25) is 39.3 Å². The minimum atomic E-state index is -1.01. The molecule has 288 valence electrons. The Morgan fingerprint density at radius 2 is 1.68 bits per heavy atom. The Balaban J connectivity index is 0.815. The number of oxime groups is 1.